The average Bonchev–Trinajstić information content (AvgIpc) is 3.36. The smallest absolute Gasteiger partial charge is 0.240 e. The lowest BCUT2D eigenvalue weighted by molar-refractivity contribution is 0.394. The maximum Gasteiger partial charge on any atom is 0.240 e. The Morgan fingerprint density at radius 1 is 0.920 bits per heavy atom. The van der Waals surface area contributed by atoms with Crippen molar-refractivity contribution in [1.29, 1.82) is 0 Å². The molecule has 138 valence electrons. The topological polar surface area (TPSA) is 134 Å². The Hall–Kier alpha value is -0.660. The highest BCUT2D eigenvalue weighted by molar-refractivity contribution is 7.93. The lowest BCUT2D eigenvalue weighted by Gasteiger charge is -2.28. The van der Waals surface area contributed by atoms with Crippen LogP contribution in [0.1, 0.15) is 0 Å². The molecule has 0 atom stereocenters. The number of nitrogens with two attached hydrogens (primary N) is 1. The molecule has 0 spiro atoms. The third-order valence-corrected chi connectivity index (χ3v) is 5.86. The zero-order valence-electron chi connectivity index (χ0n) is 12.4. The first-order valence-electron chi connectivity index (χ1n) is 6.70. The van der Waals surface area contributed by atoms with Crippen LogP contribution in [0.15, 0.2) is 17.0 Å². The number of rotatable bonds is 4. The number of nitrogens with zero attached hydrogens (tertiary/aromatic N) is 3. The molecular weight excluding hydrogens is 414 g/mol. The second-order valence-electron chi connectivity index (χ2n) is 4.91. The number of anilines is 3. The molecule has 1 aromatic rings. The van der Waals surface area contributed by atoms with Crippen LogP contribution in [0.5, 0.6) is 0 Å². The highest BCUT2D eigenvalue weighted by atomic mass is 32.2. The molecule has 3 aliphatic rings. The molecular formula is C9H13N7O5S4. The number of hydrogen-bond donors (Lipinski definition) is 4. The van der Waals surface area contributed by atoms with Crippen molar-refractivity contribution in [3.8, 4) is 0 Å². The molecule has 3 saturated heterocycles. The van der Waals surface area contributed by atoms with Gasteiger partial charge in [0.15, 0.2) is 0 Å². The van der Waals surface area contributed by atoms with Crippen molar-refractivity contribution in [3.63, 3.8) is 0 Å². The monoisotopic (exact) mass is 427 g/mol. The van der Waals surface area contributed by atoms with Gasteiger partial charge in [0.25, 0.3) is 0 Å². The SMILES string of the molecule is NS(=O)(=O)c1cc(N2COSN2)cc(N2COSN2)c1N1COSN1. The largest absolute Gasteiger partial charge is 0.277 e. The van der Waals surface area contributed by atoms with Gasteiger partial charge in [0.1, 0.15) is 67.5 Å². The van der Waals surface area contributed by atoms with Crippen LogP contribution in [-0.2, 0) is 22.6 Å². The number of sulfonamides is 1. The second kappa shape index (κ2) is 7.16. The lowest BCUT2D eigenvalue weighted by Crippen LogP contribution is -2.36. The first-order chi connectivity index (χ1) is 12.0. The fourth-order valence-corrected chi connectivity index (χ4v) is 4.44. The molecule has 0 saturated carbocycles. The van der Waals surface area contributed by atoms with Crippen LogP contribution in [0.3, 0.4) is 0 Å². The van der Waals surface area contributed by atoms with Gasteiger partial charge < -0.3 is 0 Å². The van der Waals surface area contributed by atoms with E-state index >= 15 is 0 Å². The van der Waals surface area contributed by atoms with Gasteiger partial charge in [-0.15, -0.1) is 9.66 Å². The molecule has 0 bridgehead atoms. The molecule has 3 heterocycles. The quantitative estimate of drug-likeness (QED) is 0.377. The molecule has 0 aliphatic carbocycles. The van der Waals surface area contributed by atoms with Crippen molar-refractivity contribution in [2.45, 2.75) is 4.90 Å². The van der Waals surface area contributed by atoms with E-state index in [9.17, 15) is 8.42 Å². The van der Waals surface area contributed by atoms with Crippen LogP contribution in [0, 0.1) is 0 Å². The summed E-state index contributed by atoms with van der Waals surface area (Å²) in [5.41, 5.74) is 1.46. The van der Waals surface area contributed by atoms with E-state index in [4.69, 9.17) is 17.7 Å². The van der Waals surface area contributed by atoms with Gasteiger partial charge in [-0.25, -0.2) is 13.6 Å². The maximum atomic E-state index is 12.3. The van der Waals surface area contributed by atoms with Gasteiger partial charge in [-0.05, 0) is 12.1 Å². The first-order valence-corrected chi connectivity index (χ1v) is 10.5. The fraction of sp³-hybridized carbons (Fsp3) is 0.333. The van der Waals surface area contributed by atoms with E-state index in [1.807, 2.05) is 0 Å². The van der Waals surface area contributed by atoms with E-state index in [0.717, 1.165) is 36.7 Å². The van der Waals surface area contributed by atoms with Crippen molar-refractivity contribution in [2.75, 3.05) is 35.2 Å². The number of hydrogen-bond acceptors (Lipinski definition) is 14. The van der Waals surface area contributed by atoms with E-state index in [1.54, 1.807) is 21.1 Å². The van der Waals surface area contributed by atoms with Crippen molar-refractivity contribution in [3.05, 3.63) is 12.1 Å². The van der Waals surface area contributed by atoms with Crippen molar-refractivity contribution >= 4 is 63.8 Å². The Labute approximate surface area is 156 Å². The molecule has 1 aromatic carbocycles. The van der Waals surface area contributed by atoms with Gasteiger partial charge in [-0.1, -0.05) is 0 Å². The molecule has 16 heteroatoms. The predicted molar refractivity (Wildman–Crippen MR) is 95.3 cm³/mol. The predicted octanol–water partition coefficient (Wildman–Crippen LogP) is -0.0803. The molecule has 3 aliphatic heterocycles. The van der Waals surface area contributed by atoms with Crippen molar-refractivity contribution in [1.82, 2.24) is 14.5 Å². The minimum absolute atomic E-state index is 0.0593. The summed E-state index contributed by atoms with van der Waals surface area (Å²) in [6, 6.07) is 3.27. The number of hydrazine groups is 3. The highest BCUT2D eigenvalue weighted by Crippen LogP contribution is 2.41. The van der Waals surface area contributed by atoms with Gasteiger partial charge in [0.2, 0.25) is 10.0 Å². The van der Waals surface area contributed by atoms with Crippen molar-refractivity contribution in [2.24, 2.45) is 5.14 Å². The van der Waals surface area contributed by atoms with Gasteiger partial charge in [-0.2, -0.15) is 4.83 Å². The summed E-state index contributed by atoms with van der Waals surface area (Å²) in [4.78, 5) is 8.69. The maximum absolute atomic E-state index is 12.3. The van der Waals surface area contributed by atoms with Gasteiger partial charge >= 0.3 is 0 Å². The number of nitrogens with one attached hydrogen (secondary N) is 3. The normalized spacial score (nSPS) is 21.6. The highest BCUT2D eigenvalue weighted by Gasteiger charge is 2.31. The van der Waals surface area contributed by atoms with Crippen LogP contribution in [0.4, 0.5) is 17.1 Å². The first kappa shape index (κ1) is 17.7. The summed E-state index contributed by atoms with van der Waals surface area (Å²) in [5.74, 6) is 0. The Morgan fingerprint density at radius 3 is 2.00 bits per heavy atom. The summed E-state index contributed by atoms with van der Waals surface area (Å²) in [5, 5.41) is 10.3. The third-order valence-electron chi connectivity index (χ3n) is 3.38. The second-order valence-corrected chi connectivity index (χ2v) is 8.19. The van der Waals surface area contributed by atoms with E-state index in [2.05, 4.69) is 14.5 Å². The molecule has 12 nitrogen and oxygen atoms in total. The molecule has 0 amide bonds. The standard InChI is InChI=1S/C9H13N7O5S4/c10-25(17,18)8-2-6(14-3-19-22-11-14)1-7(15-4-20-23-12-15)9(8)16-5-21-24-13-16/h1-2,11-13H,3-5H2,(H2,10,17,18). The van der Waals surface area contributed by atoms with Crippen LogP contribution < -0.4 is 34.7 Å². The van der Waals surface area contributed by atoms with Crippen molar-refractivity contribution < 1.29 is 21.0 Å². The third kappa shape index (κ3) is 3.60. The van der Waals surface area contributed by atoms with Gasteiger partial charge in [0.05, 0.1) is 11.4 Å². The molecule has 0 radical (unpaired) electrons. The summed E-state index contributed by atoms with van der Waals surface area (Å²) in [6.45, 7) is 0.598. The summed E-state index contributed by atoms with van der Waals surface area (Å²) < 4.78 is 40.2. The summed E-state index contributed by atoms with van der Waals surface area (Å²) in [7, 11) is -4.03. The molecule has 25 heavy (non-hydrogen) atoms. The Balaban J connectivity index is 1.88. The fourth-order valence-electron chi connectivity index (χ4n) is 2.32. The van der Waals surface area contributed by atoms with Crippen LogP contribution >= 0.6 is 36.7 Å². The Morgan fingerprint density at radius 2 is 1.48 bits per heavy atom. The van der Waals surface area contributed by atoms with E-state index in [0.29, 0.717) is 17.1 Å². The van der Waals surface area contributed by atoms with Crippen LogP contribution in [0.2, 0.25) is 0 Å². The molecule has 3 fully saturated rings. The van der Waals surface area contributed by atoms with Gasteiger partial charge in [0, 0.05) is 0 Å². The molecule has 0 unspecified atom stereocenters. The minimum Gasteiger partial charge on any atom is -0.277 e. The zero-order valence-corrected chi connectivity index (χ0v) is 15.6. The average molecular weight is 428 g/mol. The van der Waals surface area contributed by atoms with Crippen LogP contribution in [-0.4, -0.2) is 28.6 Å². The summed E-state index contributed by atoms with van der Waals surface area (Å²) >= 11 is 3.09. The lowest BCUT2D eigenvalue weighted by atomic mass is 10.2. The molecule has 0 aromatic heterocycles. The van der Waals surface area contributed by atoms with Crippen LogP contribution in [0.25, 0.3) is 0 Å². The summed E-state index contributed by atoms with van der Waals surface area (Å²) in [6.07, 6.45) is 0. The van der Waals surface area contributed by atoms with E-state index < -0.39 is 10.0 Å². The van der Waals surface area contributed by atoms with E-state index in [-0.39, 0.29) is 25.1 Å². The Kier molecular flexibility index (Phi) is 5.08. The Bertz CT molecular complexity index is 749. The van der Waals surface area contributed by atoms with Gasteiger partial charge in [-0.3, -0.25) is 27.6 Å². The molecule has 5 N–H and O–H groups in total. The number of benzene rings is 1. The number of primary sulfonamides is 1. The zero-order chi connectivity index (χ0) is 17.4. The minimum atomic E-state index is -4.03. The molecule has 4 rings (SSSR count). The van der Waals surface area contributed by atoms with E-state index in [1.165, 1.54) is 6.07 Å².